The molecule has 370 valence electrons. The number of rotatable bonds is 40. The van der Waals surface area contributed by atoms with Crippen molar-refractivity contribution >= 4 is 17.9 Å². The molecule has 4 unspecified atom stereocenters. The van der Waals surface area contributed by atoms with Gasteiger partial charge in [-0.3, -0.25) is 14.4 Å². The lowest BCUT2D eigenvalue weighted by Crippen LogP contribution is -2.47. The summed E-state index contributed by atoms with van der Waals surface area (Å²) in [6.45, 7) is 23.0. The quantitative estimate of drug-likeness (QED) is 0.0344. The molecule has 0 aliphatic heterocycles. The average molecular weight is 888 g/mol. The molecule has 0 saturated heterocycles. The Labute approximate surface area is 390 Å². The first-order chi connectivity index (χ1) is 30.4. The predicted octanol–water partition coefficient (Wildman–Crippen LogP) is 15.8. The highest BCUT2D eigenvalue weighted by Gasteiger charge is 2.52. The van der Waals surface area contributed by atoms with Crippen molar-refractivity contribution in [2.24, 2.45) is 34.0 Å². The molecule has 0 aromatic rings. The summed E-state index contributed by atoms with van der Waals surface area (Å²) in [5.41, 5.74) is 0.631. The van der Waals surface area contributed by atoms with E-state index >= 15 is 0 Å². The highest BCUT2D eigenvalue weighted by Crippen LogP contribution is 2.64. The van der Waals surface area contributed by atoms with Crippen molar-refractivity contribution in [3.05, 3.63) is 0 Å². The van der Waals surface area contributed by atoms with Crippen LogP contribution in [0.5, 0.6) is 0 Å². The van der Waals surface area contributed by atoms with Crippen LogP contribution in [0.15, 0.2) is 0 Å². The molecule has 2 aliphatic rings. The van der Waals surface area contributed by atoms with Crippen molar-refractivity contribution < 1.29 is 28.6 Å². The van der Waals surface area contributed by atoms with E-state index in [-0.39, 0.29) is 34.2 Å². The number of nitrogens with zero attached hydrogens (tertiary/aromatic N) is 1. The van der Waals surface area contributed by atoms with Crippen LogP contribution >= 0.6 is 0 Å². The number of carbonyl (C=O) groups is 3. The first-order valence-electron chi connectivity index (χ1n) is 27.6. The fourth-order valence-corrected chi connectivity index (χ4v) is 12.5. The van der Waals surface area contributed by atoms with Gasteiger partial charge in [0.25, 0.3) is 0 Å². The zero-order chi connectivity index (χ0) is 46.2. The molecule has 4 atom stereocenters. The molecule has 0 N–H and O–H groups in total. The summed E-state index contributed by atoms with van der Waals surface area (Å²) in [7, 11) is 0. The molecule has 0 amide bonds. The van der Waals surface area contributed by atoms with Gasteiger partial charge in [0.15, 0.2) is 0 Å². The van der Waals surface area contributed by atoms with E-state index in [9.17, 15) is 14.4 Å². The third kappa shape index (κ3) is 25.8. The molecular formula is C56H105NO6. The van der Waals surface area contributed by atoms with Crippen molar-refractivity contribution in [3.8, 4) is 0 Å². The maximum atomic E-state index is 13.1. The third-order valence-corrected chi connectivity index (χ3v) is 15.5. The van der Waals surface area contributed by atoms with Crippen molar-refractivity contribution in [2.75, 3.05) is 39.5 Å². The number of hydrogen-bond donors (Lipinski definition) is 0. The molecule has 7 nitrogen and oxygen atoms in total. The summed E-state index contributed by atoms with van der Waals surface area (Å²) < 4.78 is 17.6. The van der Waals surface area contributed by atoms with Crippen LogP contribution in [0.4, 0.5) is 0 Å². The smallest absolute Gasteiger partial charge is 0.305 e. The minimum absolute atomic E-state index is 0.00717. The fraction of sp³-hybridized carbons (Fsp3) is 0.946. The van der Waals surface area contributed by atoms with E-state index in [1.54, 1.807) is 0 Å². The lowest BCUT2D eigenvalue weighted by molar-refractivity contribution is -0.145. The van der Waals surface area contributed by atoms with Crippen LogP contribution in [0.1, 0.15) is 267 Å². The lowest BCUT2D eigenvalue weighted by atomic mass is 9.47. The topological polar surface area (TPSA) is 82.1 Å². The lowest BCUT2D eigenvalue weighted by Gasteiger charge is -2.58. The Morgan fingerprint density at radius 1 is 0.476 bits per heavy atom. The van der Waals surface area contributed by atoms with E-state index in [0.717, 1.165) is 77.4 Å². The molecular weight excluding hydrogens is 783 g/mol. The number of carbonyl (C=O) groups excluding carboxylic acids is 3. The van der Waals surface area contributed by atoms with E-state index in [1.165, 1.54) is 135 Å². The van der Waals surface area contributed by atoms with Gasteiger partial charge >= 0.3 is 17.9 Å². The van der Waals surface area contributed by atoms with Crippen molar-refractivity contribution in [2.45, 2.75) is 267 Å². The largest absolute Gasteiger partial charge is 0.466 e. The van der Waals surface area contributed by atoms with Crippen LogP contribution in [0.25, 0.3) is 0 Å². The van der Waals surface area contributed by atoms with Gasteiger partial charge in [-0.05, 0) is 144 Å². The van der Waals surface area contributed by atoms with Gasteiger partial charge in [0.05, 0.1) is 19.8 Å². The van der Waals surface area contributed by atoms with Crippen LogP contribution in [-0.2, 0) is 28.6 Å². The molecule has 2 fully saturated rings. The molecule has 2 saturated carbocycles. The Kier molecular flexibility index (Phi) is 30.8. The van der Waals surface area contributed by atoms with Gasteiger partial charge in [0.2, 0.25) is 0 Å². The van der Waals surface area contributed by atoms with Gasteiger partial charge < -0.3 is 19.1 Å². The molecule has 2 aliphatic carbocycles. The van der Waals surface area contributed by atoms with E-state index in [2.05, 4.69) is 60.3 Å². The van der Waals surface area contributed by atoms with E-state index in [4.69, 9.17) is 14.2 Å². The van der Waals surface area contributed by atoms with Gasteiger partial charge in [-0.2, -0.15) is 0 Å². The van der Waals surface area contributed by atoms with E-state index in [1.807, 2.05) is 0 Å². The molecule has 2 rings (SSSR count). The Morgan fingerprint density at radius 3 is 1.24 bits per heavy atom. The Hall–Kier alpha value is -1.63. The molecule has 0 heterocycles. The summed E-state index contributed by atoms with van der Waals surface area (Å²) in [4.78, 5) is 41.0. The Balaban J connectivity index is 1.98. The molecule has 0 spiro atoms. The second kappa shape index (κ2) is 33.8. The SMILES string of the molecule is CCCCCC(CCCCC)CCC(=O)OCCCC1(C)CC2CC(C)(CCCOC(=O)CCCN(CC)CC)CC(CCCOC(=O)CCC(CCCCC)CCCCC)(C2)C1. The summed E-state index contributed by atoms with van der Waals surface area (Å²) >= 11 is 0. The molecule has 63 heavy (non-hydrogen) atoms. The van der Waals surface area contributed by atoms with Crippen LogP contribution in [0.3, 0.4) is 0 Å². The average Bonchev–Trinajstić information content (AvgIpc) is 3.24. The zero-order valence-electron chi connectivity index (χ0n) is 43.2. The van der Waals surface area contributed by atoms with Gasteiger partial charge in [-0.1, -0.05) is 158 Å². The van der Waals surface area contributed by atoms with Crippen LogP contribution in [0.2, 0.25) is 0 Å². The maximum Gasteiger partial charge on any atom is 0.305 e. The summed E-state index contributed by atoms with van der Waals surface area (Å²) in [6, 6.07) is 0. The van der Waals surface area contributed by atoms with E-state index in [0.29, 0.717) is 56.8 Å². The normalized spacial score (nSPS) is 22.2. The standard InChI is InChI=1S/C56H105NO6/c1-9-15-19-27-48(28-20-16-10-2)32-34-52(59)62-41-25-37-55(8)44-50-43-54(7,36-24-40-61-51(58)31-23-39-57(13-5)14-6)46-56(45-50,47-55)38-26-42-63-53(60)35-33-49(29-21-17-11-3)30-22-18-12-4/h48-50H,9-47H2,1-8H3. The number of hydrogen-bond acceptors (Lipinski definition) is 7. The number of ether oxygens (including phenoxy) is 3. The number of fused-ring (bicyclic) bond motifs is 2. The zero-order valence-corrected chi connectivity index (χ0v) is 43.2. The van der Waals surface area contributed by atoms with Gasteiger partial charge in [0, 0.05) is 19.3 Å². The second-order valence-electron chi connectivity index (χ2n) is 21.8. The third-order valence-electron chi connectivity index (χ3n) is 15.5. The minimum atomic E-state index is -0.0576. The first kappa shape index (κ1) is 57.5. The highest BCUT2D eigenvalue weighted by molar-refractivity contribution is 5.70. The molecule has 7 heteroatoms. The number of unbranched alkanes of at least 4 members (excludes halogenated alkanes) is 8. The fourth-order valence-electron chi connectivity index (χ4n) is 12.5. The molecule has 2 bridgehead atoms. The summed E-state index contributed by atoms with van der Waals surface area (Å²) in [5, 5.41) is 0. The van der Waals surface area contributed by atoms with Gasteiger partial charge in [-0.15, -0.1) is 0 Å². The second-order valence-corrected chi connectivity index (χ2v) is 21.8. The predicted molar refractivity (Wildman–Crippen MR) is 265 cm³/mol. The minimum Gasteiger partial charge on any atom is -0.466 e. The molecule has 0 aromatic carbocycles. The maximum absolute atomic E-state index is 13.1. The van der Waals surface area contributed by atoms with Gasteiger partial charge in [0.1, 0.15) is 0 Å². The van der Waals surface area contributed by atoms with Crippen molar-refractivity contribution in [3.63, 3.8) is 0 Å². The molecule has 0 aromatic heterocycles. The molecule has 0 radical (unpaired) electrons. The van der Waals surface area contributed by atoms with Crippen LogP contribution in [0, 0.1) is 34.0 Å². The Morgan fingerprint density at radius 2 is 0.857 bits per heavy atom. The van der Waals surface area contributed by atoms with Crippen LogP contribution < -0.4 is 0 Å². The number of esters is 3. The Bertz CT molecular complexity index is 1170. The van der Waals surface area contributed by atoms with E-state index < -0.39 is 0 Å². The first-order valence-corrected chi connectivity index (χ1v) is 27.6. The van der Waals surface area contributed by atoms with Crippen LogP contribution in [-0.4, -0.2) is 62.3 Å². The summed E-state index contributed by atoms with van der Waals surface area (Å²) in [5.74, 6) is 1.88. The van der Waals surface area contributed by atoms with Crippen molar-refractivity contribution in [1.29, 1.82) is 0 Å². The van der Waals surface area contributed by atoms with Crippen molar-refractivity contribution in [1.82, 2.24) is 4.90 Å². The highest BCUT2D eigenvalue weighted by atomic mass is 16.5. The monoisotopic (exact) mass is 888 g/mol. The summed E-state index contributed by atoms with van der Waals surface area (Å²) in [6.07, 6.45) is 36.7. The van der Waals surface area contributed by atoms with Gasteiger partial charge in [-0.25, -0.2) is 0 Å².